The fraction of sp³-hybridized carbons (Fsp3) is 0.444. The third kappa shape index (κ3) is 8.49. The van der Waals surface area contributed by atoms with Gasteiger partial charge in [-0.15, -0.1) is 0 Å². The van der Waals surface area contributed by atoms with Gasteiger partial charge in [-0.3, -0.25) is 19.2 Å². The number of phenolic OH excluding ortho intramolecular Hbond substituents is 1. The Hall–Kier alpha value is -3.14. The predicted octanol–water partition coefficient (Wildman–Crippen LogP) is -1.74. The van der Waals surface area contributed by atoms with E-state index in [2.05, 4.69) is 16.0 Å². The molecule has 0 aliphatic carbocycles. The van der Waals surface area contributed by atoms with Crippen LogP contribution in [0.15, 0.2) is 24.3 Å². The Labute approximate surface area is 163 Å². The molecule has 0 spiro atoms. The van der Waals surface area contributed by atoms with Crippen LogP contribution in [0, 0.1) is 0 Å². The quantitative estimate of drug-likeness (QED) is 0.171. The standard InChI is InChI=1S/C18H27N5O5/c19-8-2-1-3-14(17(27)21-10-16(20)26)23-18(28)15(22-11-24)9-12-4-6-13(25)7-5-12/h4-7,11,14-15,25H,1-3,8-10,19H2,(H2,20,26)(H,21,27)(H,22,24)(H,23,28)/t14?,15-/m0/s1. The summed E-state index contributed by atoms with van der Waals surface area (Å²) in [5.74, 6) is -1.71. The molecule has 1 unspecified atom stereocenters. The first-order chi connectivity index (χ1) is 13.4. The van der Waals surface area contributed by atoms with E-state index in [0.29, 0.717) is 37.8 Å². The second-order valence-corrected chi connectivity index (χ2v) is 6.24. The van der Waals surface area contributed by atoms with Crippen molar-refractivity contribution in [1.82, 2.24) is 16.0 Å². The van der Waals surface area contributed by atoms with Crippen LogP contribution in [-0.2, 0) is 25.6 Å². The first-order valence-corrected chi connectivity index (χ1v) is 8.91. The molecule has 2 atom stereocenters. The number of nitrogens with one attached hydrogen (secondary N) is 3. The normalized spacial score (nSPS) is 12.5. The summed E-state index contributed by atoms with van der Waals surface area (Å²) in [7, 11) is 0. The molecule has 1 aromatic carbocycles. The molecule has 0 aliphatic rings. The van der Waals surface area contributed by atoms with Crippen molar-refractivity contribution in [3.8, 4) is 5.75 Å². The maximum absolute atomic E-state index is 12.6. The summed E-state index contributed by atoms with van der Waals surface area (Å²) >= 11 is 0. The van der Waals surface area contributed by atoms with Crippen molar-refractivity contribution in [3.63, 3.8) is 0 Å². The Balaban J connectivity index is 2.80. The highest BCUT2D eigenvalue weighted by Crippen LogP contribution is 2.11. The largest absolute Gasteiger partial charge is 0.508 e. The molecule has 0 fully saturated rings. The lowest BCUT2D eigenvalue weighted by Gasteiger charge is -2.22. The molecule has 1 rings (SSSR count). The Morgan fingerprint density at radius 1 is 1.07 bits per heavy atom. The molecule has 0 aromatic heterocycles. The van der Waals surface area contributed by atoms with Gasteiger partial charge >= 0.3 is 0 Å². The van der Waals surface area contributed by atoms with Crippen LogP contribution in [0.2, 0.25) is 0 Å². The maximum Gasteiger partial charge on any atom is 0.243 e. The number of hydrogen-bond donors (Lipinski definition) is 6. The summed E-state index contributed by atoms with van der Waals surface area (Å²) in [6.45, 7) is 0.103. The van der Waals surface area contributed by atoms with Crippen molar-refractivity contribution in [3.05, 3.63) is 29.8 Å². The number of amides is 4. The number of rotatable bonds is 13. The van der Waals surface area contributed by atoms with Crippen molar-refractivity contribution in [2.45, 2.75) is 37.8 Å². The van der Waals surface area contributed by atoms with Gasteiger partial charge in [-0.05, 0) is 43.5 Å². The van der Waals surface area contributed by atoms with Crippen molar-refractivity contribution >= 4 is 24.1 Å². The first-order valence-electron chi connectivity index (χ1n) is 8.91. The van der Waals surface area contributed by atoms with E-state index in [9.17, 15) is 24.3 Å². The lowest BCUT2D eigenvalue weighted by Crippen LogP contribution is -2.54. The minimum atomic E-state index is -0.914. The highest BCUT2D eigenvalue weighted by molar-refractivity contribution is 5.92. The highest BCUT2D eigenvalue weighted by Gasteiger charge is 2.25. The summed E-state index contributed by atoms with van der Waals surface area (Å²) in [5, 5.41) is 16.7. The first kappa shape index (κ1) is 22.9. The third-order valence-corrected chi connectivity index (χ3v) is 3.98. The number of hydrogen-bond acceptors (Lipinski definition) is 6. The molecule has 0 radical (unpaired) electrons. The highest BCUT2D eigenvalue weighted by atomic mass is 16.3. The van der Waals surface area contributed by atoms with Gasteiger partial charge in [0.05, 0.1) is 6.54 Å². The van der Waals surface area contributed by atoms with Crippen LogP contribution in [0.4, 0.5) is 0 Å². The number of carbonyl (C=O) groups excluding carboxylic acids is 4. The van der Waals surface area contributed by atoms with Gasteiger partial charge in [0, 0.05) is 6.42 Å². The zero-order valence-electron chi connectivity index (χ0n) is 15.5. The zero-order chi connectivity index (χ0) is 20.9. The lowest BCUT2D eigenvalue weighted by atomic mass is 10.0. The van der Waals surface area contributed by atoms with Gasteiger partial charge in [-0.25, -0.2) is 0 Å². The molecule has 0 saturated carbocycles. The lowest BCUT2D eigenvalue weighted by molar-refractivity contribution is -0.131. The van der Waals surface area contributed by atoms with Crippen molar-refractivity contribution in [2.75, 3.05) is 13.1 Å². The van der Waals surface area contributed by atoms with Crippen LogP contribution >= 0.6 is 0 Å². The number of phenols is 1. The van der Waals surface area contributed by atoms with E-state index in [1.54, 1.807) is 12.1 Å². The van der Waals surface area contributed by atoms with Crippen LogP contribution in [0.25, 0.3) is 0 Å². The van der Waals surface area contributed by atoms with E-state index in [0.717, 1.165) is 0 Å². The molecule has 8 N–H and O–H groups in total. The van der Waals surface area contributed by atoms with Crippen LogP contribution < -0.4 is 27.4 Å². The van der Waals surface area contributed by atoms with E-state index in [1.807, 2.05) is 0 Å². The van der Waals surface area contributed by atoms with E-state index in [4.69, 9.17) is 11.5 Å². The molecule has 28 heavy (non-hydrogen) atoms. The molecule has 4 amide bonds. The fourth-order valence-electron chi connectivity index (χ4n) is 2.51. The Kier molecular flexibility index (Phi) is 10.0. The Morgan fingerprint density at radius 3 is 2.32 bits per heavy atom. The molecule has 0 saturated heterocycles. The van der Waals surface area contributed by atoms with Gasteiger partial charge < -0.3 is 32.5 Å². The molecule has 0 heterocycles. The van der Waals surface area contributed by atoms with E-state index in [-0.39, 0.29) is 18.7 Å². The van der Waals surface area contributed by atoms with Crippen LogP contribution in [0.3, 0.4) is 0 Å². The summed E-state index contributed by atoms with van der Waals surface area (Å²) < 4.78 is 0. The van der Waals surface area contributed by atoms with Crippen LogP contribution in [0.5, 0.6) is 5.75 Å². The van der Waals surface area contributed by atoms with Crippen LogP contribution in [-0.4, -0.2) is 54.4 Å². The van der Waals surface area contributed by atoms with Crippen molar-refractivity contribution in [1.29, 1.82) is 0 Å². The third-order valence-electron chi connectivity index (χ3n) is 3.98. The molecule has 0 aliphatic heterocycles. The van der Waals surface area contributed by atoms with Crippen molar-refractivity contribution < 1.29 is 24.3 Å². The predicted molar refractivity (Wildman–Crippen MR) is 102 cm³/mol. The van der Waals surface area contributed by atoms with Crippen LogP contribution in [0.1, 0.15) is 24.8 Å². The smallest absolute Gasteiger partial charge is 0.243 e. The summed E-state index contributed by atoms with van der Waals surface area (Å²) in [5.41, 5.74) is 11.2. The summed E-state index contributed by atoms with van der Waals surface area (Å²) in [6, 6.07) is 4.38. The second-order valence-electron chi connectivity index (χ2n) is 6.24. The number of aromatic hydroxyl groups is 1. The van der Waals surface area contributed by atoms with Gasteiger partial charge in [-0.1, -0.05) is 12.1 Å². The molecule has 1 aromatic rings. The Bertz CT molecular complexity index is 665. The minimum Gasteiger partial charge on any atom is -0.508 e. The second kappa shape index (κ2) is 12.3. The summed E-state index contributed by atoms with van der Waals surface area (Å²) in [6.07, 6.45) is 2.15. The molecule has 0 bridgehead atoms. The topological polar surface area (TPSA) is 177 Å². The van der Waals surface area contributed by atoms with Gasteiger partial charge in [0.25, 0.3) is 0 Å². The number of carbonyl (C=O) groups is 4. The monoisotopic (exact) mass is 393 g/mol. The molecular weight excluding hydrogens is 366 g/mol. The zero-order valence-corrected chi connectivity index (χ0v) is 15.5. The van der Waals surface area contributed by atoms with E-state index < -0.39 is 29.8 Å². The molecule has 10 nitrogen and oxygen atoms in total. The van der Waals surface area contributed by atoms with Crippen molar-refractivity contribution in [2.24, 2.45) is 11.5 Å². The number of unbranched alkanes of at least 4 members (excludes halogenated alkanes) is 1. The number of nitrogens with two attached hydrogens (primary N) is 2. The maximum atomic E-state index is 12.6. The van der Waals surface area contributed by atoms with Gasteiger partial charge in [0.15, 0.2) is 0 Å². The Morgan fingerprint density at radius 2 is 1.75 bits per heavy atom. The number of primary amides is 1. The van der Waals surface area contributed by atoms with Gasteiger partial charge in [-0.2, -0.15) is 0 Å². The van der Waals surface area contributed by atoms with E-state index >= 15 is 0 Å². The van der Waals surface area contributed by atoms with Gasteiger partial charge in [0.1, 0.15) is 17.8 Å². The molecular formula is C18H27N5O5. The number of benzene rings is 1. The average molecular weight is 393 g/mol. The van der Waals surface area contributed by atoms with Gasteiger partial charge in [0.2, 0.25) is 24.1 Å². The average Bonchev–Trinajstić information content (AvgIpc) is 2.66. The van der Waals surface area contributed by atoms with E-state index in [1.165, 1.54) is 12.1 Å². The summed E-state index contributed by atoms with van der Waals surface area (Å²) in [4.78, 5) is 46.6. The molecule has 10 heteroatoms. The minimum absolute atomic E-state index is 0.0826. The SMILES string of the molecule is NCCCCC(NC(=O)[C@H](Cc1ccc(O)cc1)NC=O)C(=O)NCC(N)=O. The fourth-order valence-corrected chi connectivity index (χ4v) is 2.51. The molecule has 154 valence electrons.